The van der Waals surface area contributed by atoms with Gasteiger partial charge in [-0.25, -0.2) is 4.98 Å². The van der Waals surface area contributed by atoms with Crippen LogP contribution in [-0.4, -0.2) is 19.4 Å². The molecule has 2 aromatic carbocycles. The molecule has 0 saturated carbocycles. The highest BCUT2D eigenvalue weighted by atomic mass is 15.0. The summed E-state index contributed by atoms with van der Waals surface area (Å²) in [6.07, 6.45) is 8.51. The SMILES string of the molecule is c1ccc2c(c1)Cc1cc3nc4c5cnccc5c5ccncc5n4c3cc1-2. The Kier molecular flexibility index (Phi) is 2.51. The van der Waals surface area contributed by atoms with E-state index >= 15 is 0 Å². The van der Waals surface area contributed by atoms with E-state index in [0.717, 1.165) is 39.4 Å². The molecule has 4 nitrogen and oxygen atoms in total. The normalized spacial score (nSPS) is 12.9. The molecule has 4 aromatic heterocycles. The third-order valence-corrected chi connectivity index (χ3v) is 5.96. The first-order valence-corrected chi connectivity index (χ1v) is 9.41. The second kappa shape index (κ2) is 4.93. The molecule has 7 rings (SSSR count). The third-order valence-electron chi connectivity index (χ3n) is 5.96. The Balaban J connectivity index is 1.72. The first kappa shape index (κ1) is 14.3. The fourth-order valence-corrected chi connectivity index (χ4v) is 4.73. The van der Waals surface area contributed by atoms with Crippen LogP contribution in [-0.2, 0) is 6.42 Å². The van der Waals surface area contributed by atoms with Crippen molar-refractivity contribution in [2.45, 2.75) is 6.42 Å². The fourth-order valence-electron chi connectivity index (χ4n) is 4.73. The van der Waals surface area contributed by atoms with Crippen molar-refractivity contribution in [2.75, 3.05) is 0 Å². The molecule has 0 spiro atoms. The Morgan fingerprint density at radius 2 is 1.57 bits per heavy atom. The molecule has 0 radical (unpaired) electrons. The van der Waals surface area contributed by atoms with Gasteiger partial charge in [0.05, 0.1) is 22.7 Å². The minimum Gasteiger partial charge on any atom is -0.290 e. The van der Waals surface area contributed by atoms with E-state index in [-0.39, 0.29) is 0 Å². The molecule has 0 aliphatic heterocycles. The minimum atomic E-state index is 0.940. The van der Waals surface area contributed by atoms with E-state index in [9.17, 15) is 0 Å². The number of imidazole rings is 1. The predicted octanol–water partition coefficient (Wildman–Crippen LogP) is 5.16. The first-order chi connectivity index (χ1) is 13.9. The van der Waals surface area contributed by atoms with Crippen LogP contribution in [0.5, 0.6) is 0 Å². The molecule has 0 N–H and O–H groups in total. The van der Waals surface area contributed by atoms with E-state index in [4.69, 9.17) is 4.98 Å². The summed E-state index contributed by atoms with van der Waals surface area (Å²) in [5.41, 5.74) is 9.54. The number of benzene rings is 2. The molecule has 0 unspecified atom stereocenters. The van der Waals surface area contributed by atoms with Gasteiger partial charge in [-0.2, -0.15) is 0 Å². The van der Waals surface area contributed by atoms with Gasteiger partial charge in [0.1, 0.15) is 5.65 Å². The number of pyridine rings is 3. The van der Waals surface area contributed by atoms with Gasteiger partial charge in [-0.05, 0) is 58.3 Å². The summed E-state index contributed by atoms with van der Waals surface area (Å²) in [5, 5.41) is 3.39. The van der Waals surface area contributed by atoms with Crippen LogP contribution in [0.3, 0.4) is 0 Å². The van der Waals surface area contributed by atoms with Gasteiger partial charge in [-0.3, -0.25) is 14.4 Å². The standard InChI is InChI=1S/C24H14N4/c1-2-4-16-14(3-1)9-15-10-21-22(11-19(15)16)28-23-13-26-8-6-18(23)17-5-7-25-12-20(17)24(28)27-21/h1-8,10-13H,9H2. The fraction of sp³-hybridized carbons (Fsp3) is 0.0417. The molecule has 4 heteroatoms. The van der Waals surface area contributed by atoms with E-state index in [2.05, 4.69) is 62.9 Å². The zero-order valence-corrected chi connectivity index (χ0v) is 14.9. The maximum Gasteiger partial charge on any atom is 0.147 e. The van der Waals surface area contributed by atoms with Gasteiger partial charge in [0.25, 0.3) is 0 Å². The zero-order valence-electron chi connectivity index (χ0n) is 14.9. The maximum absolute atomic E-state index is 5.03. The van der Waals surface area contributed by atoms with Crippen molar-refractivity contribution >= 4 is 38.4 Å². The highest BCUT2D eigenvalue weighted by molar-refractivity contribution is 6.13. The number of hydrogen-bond donors (Lipinski definition) is 0. The van der Waals surface area contributed by atoms with Crippen LogP contribution in [0.15, 0.2) is 73.3 Å². The van der Waals surface area contributed by atoms with Crippen LogP contribution in [0.4, 0.5) is 0 Å². The summed E-state index contributed by atoms with van der Waals surface area (Å²) >= 11 is 0. The van der Waals surface area contributed by atoms with Crippen molar-refractivity contribution in [2.24, 2.45) is 0 Å². The third kappa shape index (κ3) is 1.68. The molecule has 1 aliphatic rings. The zero-order chi connectivity index (χ0) is 18.2. The lowest BCUT2D eigenvalue weighted by atomic mass is 10.1. The highest BCUT2D eigenvalue weighted by Crippen LogP contribution is 2.40. The first-order valence-electron chi connectivity index (χ1n) is 9.41. The molecule has 0 fully saturated rings. The summed E-state index contributed by atoms with van der Waals surface area (Å²) in [6.45, 7) is 0. The number of rotatable bonds is 0. The van der Waals surface area contributed by atoms with E-state index < -0.39 is 0 Å². The van der Waals surface area contributed by atoms with Gasteiger partial charge in [0.15, 0.2) is 0 Å². The largest absolute Gasteiger partial charge is 0.290 e. The lowest BCUT2D eigenvalue weighted by molar-refractivity contribution is 1.26. The predicted molar refractivity (Wildman–Crippen MR) is 112 cm³/mol. The van der Waals surface area contributed by atoms with E-state index in [1.807, 2.05) is 24.8 Å². The van der Waals surface area contributed by atoms with Gasteiger partial charge in [0, 0.05) is 29.4 Å². The smallest absolute Gasteiger partial charge is 0.147 e. The molecule has 6 aromatic rings. The van der Waals surface area contributed by atoms with E-state index in [1.54, 1.807) is 0 Å². The Morgan fingerprint density at radius 3 is 2.54 bits per heavy atom. The van der Waals surface area contributed by atoms with Crippen molar-refractivity contribution in [3.8, 4) is 11.1 Å². The van der Waals surface area contributed by atoms with Gasteiger partial charge >= 0.3 is 0 Å². The average Bonchev–Trinajstić information content (AvgIpc) is 3.30. The number of nitrogens with zero attached hydrogens (tertiary/aromatic N) is 4. The Morgan fingerprint density at radius 1 is 0.714 bits per heavy atom. The lowest BCUT2D eigenvalue weighted by Gasteiger charge is -2.08. The van der Waals surface area contributed by atoms with Crippen molar-refractivity contribution in [1.82, 2.24) is 19.4 Å². The monoisotopic (exact) mass is 358 g/mol. The van der Waals surface area contributed by atoms with Crippen molar-refractivity contribution in [1.29, 1.82) is 0 Å². The molecule has 1 aliphatic carbocycles. The van der Waals surface area contributed by atoms with Crippen LogP contribution in [0.25, 0.3) is 49.5 Å². The van der Waals surface area contributed by atoms with Crippen LogP contribution >= 0.6 is 0 Å². The minimum absolute atomic E-state index is 0.940. The molecule has 0 saturated heterocycles. The summed E-state index contributed by atoms with van der Waals surface area (Å²) in [4.78, 5) is 13.8. The van der Waals surface area contributed by atoms with Crippen LogP contribution in [0.1, 0.15) is 11.1 Å². The second-order valence-electron chi connectivity index (χ2n) is 7.42. The van der Waals surface area contributed by atoms with Crippen molar-refractivity contribution in [3.63, 3.8) is 0 Å². The Labute approximate surface area is 160 Å². The average molecular weight is 358 g/mol. The molecule has 0 bridgehead atoms. The van der Waals surface area contributed by atoms with Crippen LogP contribution in [0, 0.1) is 0 Å². The van der Waals surface area contributed by atoms with Gasteiger partial charge in [-0.15, -0.1) is 0 Å². The van der Waals surface area contributed by atoms with Crippen LogP contribution in [0.2, 0.25) is 0 Å². The van der Waals surface area contributed by atoms with Crippen molar-refractivity contribution in [3.05, 3.63) is 84.4 Å². The Hall–Kier alpha value is -3.79. The second-order valence-corrected chi connectivity index (χ2v) is 7.42. The summed E-state index contributed by atoms with van der Waals surface area (Å²) in [5.74, 6) is 0. The van der Waals surface area contributed by atoms with E-state index in [0.29, 0.717) is 0 Å². The van der Waals surface area contributed by atoms with Gasteiger partial charge < -0.3 is 0 Å². The lowest BCUT2D eigenvalue weighted by Crippen LogP contribution is -1.93. The molecule has 28 heavy (non-hydrogen) atoms. The summed E-state index contributed by atoms with van der Waals surface area (Å²) < 4.78 is 2.24. The molecular formula is C24H14N4. The van der Waals surface area contributed by atoms with Gasteiger partial charge in [0.2, 0.25) is 0 Å². The van der Waals surface area contributed by atoms with Crippen LogP contribution < -0.4 is 0 Å². The highest BCUT2D eigenvalue weighted by Gasteiger charge is 2.21. The summed E-state index contributed by atoms with van der Waals surface area (Å²) in [7, 11) is 0. The number of fused-ring (bicyclic) bond motifs is 11. The van der Waals surface area contributed by atoms with Gasteiger partial charge in [-0.1, -0.05) is 24.3 Å². The maximum atomic E-state index is 5.03. The quantitative estimate of drug-likeness (QED) is 0.352. The number of hydrogen-bond acceptors (Lipinski definition) is 3. The molecular weight excluding hydrogens is 344 g/mol. The molecule has 0 amide bonds. The number of aromatic nitrogens is 4. The molecule has 0 atom stereocenters. The molecule has 4 heterocycles. The van der Waals surface area contributed by atoms with Crippen molar-refractivity contribution < 1.29 is 0 Å². The molecule has 130 valence electrons. The summed E-state index contributed by atoms with van der Waals surface area (Å²) in [6, 6.07) is 17.4. The van der Waals surface area contributed by atoms with E-state index in [1.165, 1.54) is 27.6 Å². The Bertz CT molecular complexity index is 1590. The topological polar surface area (TPSA) is 43.1 Å².